The van der Waals surface area contributed by atoms with Gasteiger partial charge in [-0.15, -0.1) is 0 Å². The fourth-order valence-corrected chi connectivity index (χ4v) is 2.88. The van der Waals surface area contributed by atoms with Gasteiger partial charge in [-0.3, -0.25) is 0 Å². The van der Waals surface area contributed by atoms with Crippen LogP contribution in [0, 0.1) is 6.92 Å². The fourth-order valence-electron chi connectivity index (χ4n) is 2.88. The zero-order valence-electron chi connectivity index (χ0n) is 12.5. The smallest absolute Gasteiger partial charge is 0.0769 e. The van der Waals surface area contributed by atoms with Crippen molar-refractivity contribution < 1.29 is 0 Å². The molecular formula is C20H16N2. The van der Waals surface area contributed by atoms with E-state index in [2.05, 4.69) is 83.9 Å². The van der Waals surface area contributed by atoms with Crippen LogP contribution in [0.15, 0.2) is 76.9 Å². The first-order chi connectivity index (χ1) is 10.8. The van der Waals surface area contributed by atoms with E-state index < -0.39 is 0 Å². The van der Waals surface area contributed by atoms with E-state index >= 15 is 0 Å². The van der Waals surface area contributed by atoms with Gasteiger partial charge in [-0.1, -0.05) is 72.3 Å². The van der Waals surface area contributed by atoms with E-state index in [1.165, 1.54) is 21.9 Å². The molecule has 106 valence electrons. The van der Waals surface area contributed by atoms with Gasteiger partial charge in [0.25, 0.3) is 0 Å². The summed E-state index contributed by atoms with van der Waals surface area (Å²) in [6, 6.07) is 23.3. The standard InChI is InChI=1S/C20H16N2/c1-14-9-11-16(12-10-14)19-13-20(22-21-19)18-8-4-6-15-5-2-3-7-17(15)18/h2-12H,13H2,1H3. The predicted molar refractivity (Wildman–Crippen MR) is 92.8 cm³/mol. The Kier molecular flexibility index (Phi) is 3.08. The highest BCUT2D eigenvalue weighted by molar-refractivity contribution is 6.23. The zero-order valence-corrected chi connectivity index (χ0v) is 12.5. The Morgan fingerprint density at radius 1 is 0.727 bits per heavy atom. The lowest BCUT2D eigenvalue weighted by molar-refractivity contribution is 1.26. The highest BCUT2D eigenvalue weighted by atomic mass is 15.2. The molecule has 0 bridgehead atoms. The second-order valence-electron chi connectivity index (χ2n) is 5.66. The molecule has 1 aliphatic rings. The third-order valence-corrected chi connectivity index (χ3v) is 4.11. The number of hydrogen-bond acceptors (Lipinski definition) is 2. The number of benzene rings is 3. The topological polar surface area (TPSA) is 24.7 Å². The minimum absolute atomic E-state index is 0.789. The molecule has 0 radical (unpaired) electrons. The molecule has 3 aromatic carbocycles. The van der Waals surface area contributed by atoms with E-state index in [-0.39, 0.29) is 0 Å². The van der Waals surface area contributed by atoms with E-state index in [0.29, 0.717) is 0 Å². The van der Waals surface area contributed by atoms with Crippen molar-refractivity contribution >= 4 is 22.2 Å². The largest absolute Gasteiger partial charge is 0.154 e. The second kappa shape index (κ2) is 5.23. The SMILES string of the molecule is Cc1ccc(C2=NN=C(c3cccc4ccccc34)C2)cc1. The van der Waals surface area contributed by atoms with Crippen molar-refractivity contribution in [2.24, 2.45) is 10.2 Å². The Bertz CT molecular complexity index is 897. The van der Waals surface area contributed by atoms with Crippen molar-refractivity contribution in [3.05, 3.63) is 83.4 Å². The van der Waals surface area contributed by atoms with Crippen molar-refractivity contribution in [1.29, 1.82) is 0 Å². The Labute approximate surface area is 129 Å². The zero-order chi connectivity index (χ0) is 14.9. The molecule has 0 saturated heterocycles. The van der Waals surface area contributed by atoms with E-state index in [9.17, 15) is 0 Å². The van der Waals surface area contributed by atoms with Crippen molar-refractivity contribution in [1.82, 2.24) is 0 Å². The van der Waals surface area contributed by atoms with Gasteiger partial charge in [0.05, 0.1) is 11.4 Å². The molecule has 4 rings (SSSR count). The van der Waals surface area contributed by atoms with Crippen LogP contribution >= 0.6 is 0 Å². The average molecular weight is 284 g/mol. The molecule has 0 fully saturated rings. The first-order valence-corrected chi connectivity index (χ1v) is 7.50. The van der Waals surface area contributed by atoms with Crippen molar-refractivity contribution in [2.45, 2.75) is 13.3 Å². The summed E-state index contributed by atoms with van der Waals surface area (Å²) in [5.74, 6) is 0. The summed E-state index contributed by atoms with van der Waals surface area (Å²) in [4.78, 5) is 0. The maximum Gasteiger partial charge on any atom is 0.0769 e. The summed E-state index contributed by atoms with van der Waals surface area (Å²) in [7, 11) is 0. The number of aryl methyl sites for hydroxylation is 1. The molecule has 0 aliphatic carbocycles. The molecule has 0 amide bonds. The molecule has 0 spiro atoms. The molecule has 0 N–H and O–H groups in total. The van der Waals surface area contributed by atoms with Crippen molar-refractivity contribution in [3.63, 3.8) is 0 Å². The lowest BCUT2D eigenvalue weighted by Crippen LogP contribution is -2.05. The van der Waals surface area contributed by atoms with Gasteiger partial charge in [0.1, 0.15) is 0 Å². The minimum atomic E-state index is 0.789. The van der Waals surface area contributed by atoms with Crippen LogP contribution in [0.2, 0.25) is 0 Å². The summed E-state index contributed by atoms with van der Waals surface area (Å²) in [5.41, 5.74) is 5.70. The lowest BCUT2D eigenvalue weighted by atomic mass is 9.96. The third-order valence-electron chi connectivity index (χ3n) is 4.11. The quantitative estimate of drug-likeness (QED) is 0.649. The first kappa shape index (κ1) is 13.0. The van der Waals surface area contributed by atoms with Crippen LogP contribution < -0.4 is 0 Å². The molecule has 22 heavy (non-hydrogen) atoms. The molecule has 0 unspecified atom stereocenters. The van der Waals surface area contributed by atoms with Crippen LogP contribution in [0.1, 0.15) is 23.1 Å². The van der Waals surface area contributed by atoms with Crippen LogP contribution in [0.5, 0.6) is 0 Å². The average Bonchev–Trinajstić information content (AvgIpc) is 3.05. The molecule has 1 heterocycles. The van der Waals surface area contributed by atoms with Crippen LogP contribution in [-0.2, 0) is 0 Å². The normalized spacial score (nSPS) is 14.0. The molecule has 3 aromatic rings. The van der Waals surface area contributed by atoms with Gasteiger partial charge in [0, 0.05) is 12.0 Å². The molecule has 1 aliphatic heterocycles. The number of rotatable bonds is 2. The summed E-state index contributed by atoms with van der Waals surface area (Å²) < 4.78 is 0. The fraction of sp³-hybridized carbons (Fsp3) is 0.100. The summed E-state index contributed by atoms with van der Waals surface area (Å²) in [5, 5.41) is 11.3. The maximum absolute atomic E-state index is 4.44. The van der Waals surface area contributed by atoms with Gasteiger partial charge >= 0.3 is 0 Å². The summed E-state index contributed by atoms with van der Waals surface area (Å²) in [6.07, 6.45) is 0.789. The minimum Gasteiger partial charge on any atom is -0.154 e. The Hall–Kier alpha value is -2.74. The van der Waals surface area contributed by atoms with E-state index in [1.807, 2.05) is 0 Å². The van der Waals surface area contributed by atoms with Crippen LogP contribution in [-0.4, -0.2) is 11.4 Å². The maximum atomic E-state index is 4.44. The van der Waals surface area contributed by atoms with Gasteiger partial charge in [-0.2, -0.15) is 10.2 Å². The van der Waals surface area contributed by atoms with Crippen LogP contribution in [0.25, 0.3) is 10.8 Å². The van der Waals surface area contributed by atoms with Crippen molar-refractivity contribution in [3.8, 4) is 0 Å². The second-order valence-corrected chi connectivity index (χ2v) is 5.66. The van der Waals surface area contributed by atoms with E-state index in [4.69, 9.17) is 0 Å². The monoisotopic (exact) mass is 284 g/mol. The summed E-state index contributed by atoms with van der Waals surface area (Å²) >= 11 is 0. The Morgan fingerprint density at radius 2 is 1.45 bits per heavy atom. The number of nitrogens with zero attached hydrogens (tertiary/aromatic N) is 2. The third kappa shape index (κ3) is 2.23. The van der Waals surface area contributed by atoms with Gasteiger partial charge in [-0.05, 0) is 23.3 Å². The van der Waals surface area contributed by atoms with E-state index in [0.717, 1.165) is 23.4 Å². The van der Waals surface area contributed by atoms with Crippen LogP contribution in [0.4, 0.5) is 0 Å². The van der Waals surface area contributed by atoms with Crippen molar-refractivity contribution in [2.75, 3.05) is 0 Å². The Morgan fingerprint density at radius 3 is 2.32 bits per heavy atom. The molecule has 0 saturated carbocycles. The molecule has 2 nitrogen and oxygen atoms in total. The predicted octanol–water partition coefficient (Wildman–Crippen LogP) is 4.75. The summed E-state index contributed by atoms with van der Waals surface area (Å²) in [6.45, 7) is 2.10. The van der Waals surface area contributed by atoms with Gasteiger partial charge in [-0.25, -0.2) is 0 Å². The number of fused-ring (bicyclic) bond motifs is 1. The molecule has 0 aromatic heterocycles. The first-order valence-electron chi connectivity index (χ1n) is 7.50. The Balaban J connectivity index is 1.67. The number of hydrogen-bond donors (Lipinski definition) is 0. The van der Waals surface area contributed by atoms with Gasteiger partial charge in [0.2, 0.25) is 0 Å². The van der Waals surface area contributed by atoms with Crippen LogP contribution in [0.3, 0.4) is 0 Å². The highest BCUT2D eigenvalue weighted by Gasteiger charge is 2.17. The molecule has 0 atom stereocenters. The molecule has 2 heteroatoms. The van der Waals surface area contributed by atoms with Gasteiger partial charge in [0.15, 0.2) is 0 Å². The molecular weight excluding hydrogens is 268 g/mol. The highest BCUT2D eigenvalue weighted by Crippen LogP contribution is 2.23. The lowest BCUT2D eigenvalue weighted by Gasteiger charge is -2.06. The van der Waals surface area contributed by atoms with Gasteiger partial charge < -0.3 is 0 Å². The van der Waals surface area contributed by atoms with E-state index in [1.54, 1.807) is 0 Å².